The van der Waals surface area contributed by atoms with Gasteiger partial charge in [0.25, 0.3) is 5.91 Å². The second kappa shape index (κ2) is 8.29. The Morgan fingerprint density at radius 2 is 1.89 bits per heavy atom. The monoisotopic (exact) mass is 455 g/mol. The van der Waals surface area contributed by atoms with Gasteiger partial charge in [-0.15, -0.1) is 0 Å². The lowest BCUT2D eigenvalue weighted by Gasteiger charge is -2.26. The van der Waals surface area contributed by atoms with Gasteiger partial charge < -0.3 is 9.52 Å². The SMILES string of the molecule is CC(C)[C@H](C(=O)O)N1C(=O)/C(=C\c2ccc(-c3c(Cl)cccc3Cl)o2)SC1=S. The Morgan fingerprint density at radius 3 is 2.46 bits per heavy atom. The molecule has 0 bridgehead atoms. The van der Waals surface area contributed by atoms with E-state index in [0.29, 0.717) is 32.0 Å². The van der Waals surface area contributed by atoms with Crippen LogP contribution in [0.5, 0.6) is 0 Å². The number of halogens is 2. The summed E-state index contributed by atoms with van der Waals surface area (Å²) in [6.07, 6.45) is 1.53. The van der Waals surface area contributed by atoms with E-state index in [4.69, 9.17) is 39.8 Å². The zero-order valence-electron chi connectivity index (χ0n) is 14.8. The maximum atomic E-state index is 12.8. The molecule has 3 rings (SSSR count). The van der Waals surface area contributed by atoms with Crippen LogP contribution in [-0.4, -0.2) is 32.2 Å². The Labute approximate surface area is 181 Å². The minimum absolute atomic E-state index is 0.207. The molecule has 5 nitrogen and oxygen atoms in total. The van der Waals surface area contributed by atoms with Gasteiger partial charge in [-0.05, 0) is 30.2 Å². The molecule has 0 aliphatic carbocycles. The van der Waals surface area contributed by atoms with Gasteiger partial charge in [-0.1, -0.05) is 67.1 Å². The molecule has 1 aliphatic heterocycles. The standard InChI is InChI=1S/C19H15Cl2NO4S2/c1-9(2)16(18(24)25)22-17(23)14(28-19(22)27)8-10-6-7-13(26-10)15-11(20)4-3-5-12(15)21/h3-9,16H,1-2H3,(H,24,25)/b14-8+/t16-/m1/s1. The third-order valence-corrected chi connectivity index (χ3v) is 6.06. The molecular formula is C19H15Cl2NO4S2. The highest BCUT2D eigenvalue weighted by Crippen LogP contribution is 2.38. The minimum Gasteiger partial charge on any atom is -0.480 e. The fourth-order valence-corrected chi connectivity index (χ4v) is 4.73. The van der Waals surface area contributed by atoms with E-state index in [-0.39, 0.29) is 10.2 Å². The summed E-state index contributed by atoms with van der Waals surface area (Å²) in [6.45, 7) is 3.46. The summed E-state index contributed by atoms with van der Waals surface area (Å²) < 4.78 is 5.99. The molecule has 2 aromatic rings. The predicted molar refractivity (Wildman–Crippen MR) is 115 cm³/mol. The first-order valence-corrected chi connectivity index (χ1v) is 10.2. The molecule has 1 atom stereocenters. The van der Waals surface area contributed by atoms with Crippen LogP contribution in [-0.2, 0) is 9.59 Å². The summed E-state index contributed by atoms with van der Waals surface area (Å²) >= 11 is 18.7. The van der Waals surface area contributed by atoms with Gasteiger partial charge in [-0.25, -0.2) is 4.79 Å². The largest absolute Gasteiger partial charge is 0.480 e. The van der Waals surface area contributed by atoms with Gasteiger partial charge in [-0.3, -0.25) is 9.69 Å². The highest BCUT2D eigenvalue weighted by atomic mass is 35.5. The van der Waals surface area contributed by atoms with Crippen LogP contribution >= 0.6 is 47.2 Å². The first kappa shape index (κ1) is 20.9. The van der Waals surface area contributed by atoms with E-state index >= 15 is 0 Å². The second-order valence-corrected chi connectivity index (χ2v) is 8.87. The number of carboxylic acids is 1. The molecule has 1 aliphatic rings. The molecule has 0 unspecified atom stereocenters. The number of nitrogens with zero attached hydrogens (tertiary/aromatic N) is 1. The maximum Gasteiger partial charge on any atom is 0.327 e. The fraction of sp³-hybridized carbons (Fsp3) is 0.211. The number of furan rings is 1. The summed E-state index contributed by atoms with van der Waals surface area (Å²) in [5, 5.41) is 10.4. The highest BCUT2D eigenvalue weighted by molar-refractivity contribution is 8.26. The number of thiocarbonyl (C=S) groups is 1. The highest BCUT2D eigenvalue weighted by Gasteiger charge is 2.42. The number of carbonyl (C=O) groups excluding carboxylic acids is 1. The Bertz CT molecular complexity index is 979. The van der Waals surface area contributed by atoms with E-state index in [1.807, 2.05) is 0 Å². The lowest BCUT2D eigenvalue weighted by atomic mass is 10.0. The summed E-state index contributed by atoms with van der Waals surface area (Å²) in [5.74, 6) is -0.978. The summed E-state index contributed by atoms with van der Waals surface area (Å²) in [4.78, 5) is 25.8. The molecule has 2 heterocycles. The first-order valence-electron chi connectivity index (χ1n) is 8.24. The maximum absolute atomic E-state index is 12.8. The number of aliphatic carboxylic acids is 1. The van der Waals surface area contributed by atoms with Gasteiger partial charge in [0.1, 0.15) is 21.9 Å². The molecule has 1 amide bonds. The van der Waals surface area contributed by atoms with Gasteiger partial charge >= 0.3 is 5.97 Å². The van der Waals surface area contributed by atoms with Crippen molar-refractivity contribution in [3.05, 3.63) is 51.0 Å². The molecule has 146 valence electrons. The van der Waals surface area contributed by atoms with Gasteiger partial charge in [0.2, 0.25) is 0 Å². The van der Waals surface area contributed by atoms with Gasteiger partial charge in [0.15, 0.2) is 0 Å². The molecule has 1 fully saturated rings. The van der Waals surface area contributed by atoms with Crippen molar-refractivity contribution in [1.29, 1.82) is 0 Å². The Kier molecular flexibility index (Phi) is 6.19. The van der Waals surface area contributed by atoms with Gasteiger partial charge in [0, 0.05) is 6.08 Å². The lowest BCUT2D eigenvalue weighted by molar-refractivity contribution is -0.146. The second-order valence-electron chi connectivity index (χ2n) is 6.38. The van der Waals surface area contributed by atoms with E-state index < -0.39 is 17.9 Å². The van der Waals surface area contributed by atoms with Crippen LogP contribution in [0.4, 0.5) is 0 Å². The number of amides is 1. The van der Waals surface area contributed by atoms with Crippen LogP contribution in [0.25, 0.3) is 17.4 Å². The first-order chi connectivity index (χ1) is 13.2. The Morgan fingerprint density at radius 1 is 1.25 bits per heavy atom. The van der Waals surface area contributed by atoms with E-state index in [2.05, 4.69) is 0 Å². The molecule has 9 heteroatoms. The number of benzene rings is 1. The van der Waals surface area contributed by atoms with Crippen LogP contribution in [0.2, 0.25) is 10.0 Å². The van der Waals surface area contributed by atoms with E-state index in [0.717, 1.165) is 16.7 Å². The third-order valence-electron chi connectivity index (χ3n) is 4.10. The van der Waals surface area contributed by atoms with Crippen molar-refractivity contribution in [2.75, 3.05) is 0 Å². The van der Waals surface area contributed by atoms with Crippen molar-refractivity contribution in [1.82, 2.24) is 4.90 Å². The van der Waals surface area contributed by atoms with Crippen LogP contribution < -0.4 is 0 Å². The van der Waals surface area contributed by atoms with Crippen LogP contribution in [0, 0.1) is 5.92 Å². The van der Waals surface area contributed by atoms with Crippen molar-refractivity contribution < 1.29 is 19.1 Å². The molecule has 1 saturated heterocycles. The van der Waals surface area contributed by atoms with E-state index in [1.54, 1.807) is 44.2 Å². The zero-order chi connectivity index (χ0) is 20.6. The smallest absolute Gasteiger partial charge is 0.327 e. The van der Waals surface area contributed by atoms with Gasteiger partial charge in [-0.2, -0.15) is 0 Å². The predicted octanol–water partition coefficient (Wildman–Crippen LogP) is 5.56. The Balaban J connectivity index is 1.91. The van der Waals surface area contributed by atoms with Crippen molar-refractivity contribution in [2.45, 2.75) is 19.9 Å². The zero-order valence-corrected chi connectivity index (χ0v) is 18.0. The average Bonchev–Trinajstić information content (AvgIpc) is 3.15. The molecule has 0 spiro atoms. The summed E-state index contributed by atoms with van der Waals surface area (Å²) in [7, 11) is 0. The molecule has 1 aromatic carbocycles. The Hall–Kier alpha value is -1.80. The summed E-state index contributed by atoms with van der Waals surface area (Å²) in [6, 6.07) is 7.50. The van der Waals surface area contributed by atoms with E-state index in [9.17, 15) is 14.7 Å². The molecule has 0 saturated carbocycles. The molecule has 0 radical (unpaired) electrons. The molecule has 28 heavy (non-hydrogen) atoms. The van der Waals surface area contributed by atoms with Crippen molar-refractivity contribution in [3.8, 4) is 11.3 Å². The van der Waals surface area contributed by atoms with Crippen molar-refractivity contribution >= 4 is 69.5 Å². The average molecular weight is 456 g/mol. The number of carbonyl (C=O) groups is 2. The lowest BCUT2D eigenvalue weighted by Crippen LogP contribution is -2.47. The quantitative estimate of drug-likeness (QED) is 0.469. The minimum atomic E-state index is -1.10. The normalized spacial score (nSPS) is 17.0. The molecular weight excluding hydrogens is 441 g/mol. The van der Waals surface area contributed by atoms with Crippen molar-refractivity contribution in [2.24, 2.45) is 5.92 Å². The van der Waals surface area contributed by atoms with E-state index in [1.165, 1.54) is 6.08 Å². The van der Waals surface area contributed by atoms with Gasteiger partial charge in [0.05, 0.1) is 20.5 Å². The number of hydrogen-bond donors (Lipinski definition) is 1. The number of hydrogen-bond acceptors (Lipinski definition) is 5. The summed E-state index contributed by atoms with van der Waals surface area (Å²) in [5.41, 5.74) is 0.559. The fourth-order valence-electron chi connectivity index (χ4n) is 2.84. The topological polar surface area (TPSA) is 70.8 Å². The van der Waals surface area contributed by atoms with Crippen LogP contribution in [0.3, 0.4) is 0 Å². The number of thioether (sulfide) groups is 1. The van der Waals surface area contributed by atoms with Crippen LogP contribution in [0.15, 0.2) is 39.7 Å². The molecule has 1 aromatic heterocycles. The third kappa shape index (κ3) is 3.98. The molecule has 1 N–H and O–H groups in total. The van der Waals surface area contributed by atoms with Crippen LogP contribution in [0.1, 0.15) is 19.6 Å². The number of carboxylic acid groups (broad SMARTS) is 1. The number of rotatable bonds is 5. The van der Waals surface area contributed by atoms with Crippen molar-refractivity contribution in [3.63, 3.8) is 0 Å².